The number of nitrogens with zero attached hydrogens (tertiary/aromatic N) is 4. The number of hydrogen-bond acceptors (Lipinski definition) is 3. The van der Waals surface area contributed by atoms with Crippen molar-refractivity contribution >= 4 is 21.8 Å². The van der Waals surface area contributed by atoms with E-state index < -0.39 is 0 Å². The fourth-order valence-electron chi connectivity index (χ4n) is 6.01. The molecular weight excluding hydrogens is 528 g/mol. The molecule has 7 aromatic rings. The molecule has 0 saturated carbocycles. The molecule has 0 N–H and O–H groups in total. The van der Waals surface area contributed by atoms with Crippen LogP contribution in [-0.2, 0) is 0 Å². The van der Waals surface area contributed by atoms with Crippen LogP contribution in [0, 0.1) is 20.8 Å². The molecule has 5 heteroatoms. The van der Waals surface area contributed by atoms with Crippen molar-refractivity contribution < 1.29 is 6.11 Å². The zero-order valence-corrected chi connectivity index (χ0v) is 25.1. The Morgan fingerprint density at radius 3 is 2.37 bits per heavy atom. The minimum Gasteiger partial charge on any atom is -0.457 e. The predicted octanol–water partition coefficient (Wildman–Crippen LogP) is 9.87. The van der Waals surface area contributed by atoms with Crippen LogP contribution in [0.15, 0.2) is 109 Å². The average molecular weight is 564 g/mol. The molecule has 0 unspecified atom stereocenters. The Balaban J connectivity index is 1.35. The molecule has 7 rings (SSSR count). The second-order valence-corrected chi connectivity index (χ2v) is 11.5. The van der Waals surface area contributed by atoms with E-state index in [4.69, 9.17) is 16.2 Å². The summed E-state index contributed by atoms with van der Waals surface area (Å²) in [5, 5.41) is 7.04. The SMILES string of the molecule is [2H]c1ccc2c(c1)c1ccc(Oc3cc(C(C)C)cc(-n4nc(C)c(-c5ccccc5)c4C)c3)cc1n2-c1cc(C)ccn1. The second kappa shape index (κ2) is 10.6. The quantitative estimate of drug-likeness (QED) is 0.202. The molecule has 43 heavy (non-hydrogen) atoms. The van der Waals surface area contributed by atoms with E-state index in [0.717, 1.165) is 72.9 Å². The molecule has 0 bridgehead atoms. The third kappa shape index (κ3) is 4.77. The fourth-order valence-corrected chi connectivity index (χ4v) is 6.01. The normalized spacial score (nSPS) is 11.9. The highest BCUT2D eigenvalue weighted by atomic mass is 16.5. The number of fused-ring (bicyclic) bond motifs is 3. The van der Waals surface area contributed by atoms with Gasteiger partial charge in [-0.25, -0.2) is 9.67 Å². The van der Waals surface area contributed by atoms with Crippen LogP contribution in [-0.4, -0.2) is 19.3 Å². The van der Waals surface area contributed by atoms with Crippen LogP contribution in [0.5, 0.6) is 11.5 Å². The zero-order chi connectivity index (χ0) is 30.5. The molecule has 212 valence electrons. The van der Waals surface area contributed by atoms with E-state index in [9.17, 15) is 0 Å². The lowest BCUT2D eigenvalue weighted by Crippen LogP contribution is -2.02. The Kier molecular flexibility index (Phi) is 6.29. The van der Waals surface area contributed by atoms with Gasteiger partial charge in [-0.05, 0) is 85.8 Å². The third-order valence-electron chi connectivity index (χ3n) is 8.13. The van der Waals surface area contributed by atoms with E-state index in [1.807, 2.05) is 47.3 Å². The molecule has 4 aromatic carbocycles. The highest BCUT2D eigenvalue weighted by Crippen LogP contribution is 2.37. The molecule has 0 saturated heterocycles. The average Bonchev–Trinajstić information content (AvgIpc) is 3.49. The highest BCUT2D eigenvalue weighted by molar-refractivity contribution is 6.09. The van der Waals surface area contributed by atoms with Gasteiger partial charge in [0.2, 0.25) is 0 Å². The number of pyridine rings is 1. The summed E-state index contributed by atoms with van der Waals surface area (Å²) in [7, 11) is 0. The first-order valence-corrected chi connectivity index (χ1v) is 14.7. The molecule has 5 nitrogen and oxygen atoms in total. The lowest BCUT2D eigenvalue weighted by Gasteiger charge is -2.15. The summed E-state index contributed by atoms with van der Waals surface area (Å²) >= 11 is 0. The zero-order valence-electron chi connectivity index (χ0n) is 26.1. The Labute approximate surface area is 253 Å². The van der Waals surface area contributed by atoms with Crippen LogP contribution >= 0.6 is 0 Å². The molecule has 0 fully saturated rings. The van der Waals surface area contributed by atoms with E-state index in [-0.39, 0.29) is 0 Å². The number of aromatic nitrogens is 4. The number of rotatable bonds is 6. The molecule has 0 aliphatic rings. The van der Waals surface area contributed by atoms with Gasteiger partial charge in [0.1, 0.15) is 17.3 Å². The molecule has 0 atom stereocenters. The lowest BCUT2D eigenvalue weighted by molar-refractivity contribution is 0.481. The summed E-state index contributed by atoms with van der Waals surface area (Å²) in [5.41, 5.74) is 9.66. The Hall–Kier alpha value is -5.16. The Morgan fingerprint density at radius 2 is 1.58 bits per heavy atom. The Bertz CT molecular complexity index is 2180. The maximum atomic E-state index is 8.26. The van der Waals surface area contributed by atoms with Crippen molar-refractivity contribution in [3.8, 4) is 34.1 Å². The van der Waals surface area contributed by atoms with Crippen molar-refractivity contribution in [3.05, 3.63) is 132 Å². The molecule has 0 amide bonds. The smallest absolute Gasteiger partial charge is 0.137 e. The third-order valence-corrected chi connectivity index (χ3v) is 8.13. The number of ether oxygens (including phenoxy) is 1. The van der Waals surface area contributed by atoms with Crippen LogP contribution in [0.4, 0.5) is 0 Å². The van der Waals surface area contributed by atoms with Gasteiger partial charge >= 0.3 is 0 Å². The number of hydrogen-bond donors (Lipinski definition) is 0. The summed E-state index contributed by atoms with van der Waals surface area (Å²) in [6.07, 6.45) is 1.84. The molecule has 3 heterocycles. The van der Waals surface area contributed by atoms with Gasteiger partial charge < -0.3 is 4.74 Å². The van der Waals surface area contributed by atoms with Crippen LogP contribution in [0.25, 0.3) is 44.4 Å². The van der Waals surface area contributed by atoms with Crippen LogP contribution in [0.1, 0.15) is 43.7 Å². The van der Waals surface area contributed by atoms with Crippen molar-refractivity contribution in [2.45, 2.75) is 40.5 Å². The van der Waals surface area contributed by atoms with Gasteiger partial charge in [0.15, 0.2) is 0 Å². The molecule has 0 aliphatic heterocycles. The van der Waals surface area contributed by atoms with Gasteiger partial charge in [-0.3, -0.25) is 4.57 Å². The number of benzene rings is 4. The summed E-state index contributed by atoms with van der Waals surface area (Å²) in [6, 6.07) is 33.3. The standard InChI is InChI=1S/C38H34N4O/c1-24(2)29-20-30(42-27(5)38(26(4)40-42)28-11-7-6-8-12-28)22-32(21-29)43-31-15-16-34-33-13-9-10-14-35(33)41(36(34)23-31)37-19-25(3)17-18-39-37/h6-24H,1-5H3/i9D. The lowest BCUT2D eigenvalue weighted by atomic mass is 10.0. The molecule has 0 spiro atoms. The van der Waals surface area contributed by atoms with Gasteiger partial charge in [-0.1, -0.05) is 62.4 Å². The van der Waals surface area contributed by atoms with E-state index >= 15 is 0 Å². The second-order valence-electron chi connectivity index (χ2n) is 11.5. The van der Waals surface area contributed by atoms with E-state index in [1.165, 1.54) is 5.56 Å². The summed E-state index contributed by atoms with van der Waals surface area (Å²) < 4.78 is 19.1. The first-order chi connectivity index (χ1) is 21.3. The highest BCUT2D eigenvalue weighted by Gasteiger charge is 2.18. The largest absolute Gasteiger partial charge is 0.457 e. The minimum atomic E-state index is 0.305. The molecule has 0 aliphatic carbocycles. The maximum Gasteiger partial charge on any atom is 0.137 e. The fraction of sp³-hybridized carbons (Fsp3) is 0.158. The molecular formula is C38H34N4O. The molecule has 3 aromatic heterocycles. The van der Waals surface area contributed by atoms with E-state index in [1.54, 1.807) is 0 Å². The molecule has 0 radical (unpaired) electrons. The van der Waals surface area contributed by atoms with Crippen LogP contribution in [0.2, 0.25) is 0 Å². The van der Waals surface area contributed by atoms with Gasteiger partial charge in [-0.15, -0.1) is 0 Å². The van der Waals surface area contributed by atoms with Crippen LogP contribution in [0.3, 0.4) is 0 Å². The monoisotopic (exact) mass is 563 g/mol. The van der Waals surface area contributed by atoms with Gasteiger partial charge in [0, 0.05) is 40.4 Å². The predicted molar refractivity (Wildman–Crippen MR) is 176 cm³/mol. The maximum absolute atomic E-state index is 8.26. The van der Waals surface area contributed by atoms with Gasteiger partial charge in [0.05, 0.1) is 23.8 Å². The summed E-state index contributed by atoms with van der Waals surface area (Å²) in [4.78, 5) is 4.70. The first-order valence-electron chi connectivity index (χ1n) is 15.2. The first kappa shape index (κ1) is 25.5. The number of aryl methyl sites for hydroxylation is 2. The minimum absolute atomic E-state index is 0.305. The summed E-state index contributed by atoms with van der Waals surface area (Å²) in [6.45, 7) is 10.6. The van der Waals surface area contributed by atoms with E-state index in [2.05, 4.69) is 99.8 Å². The van der Waals surface area contributed by atoms with E-state index in [0.29, 0.717) is 12.0 Å². The summed E-state index contributed by atoms with van der Waals surface area (Å²) in [5.74, 6) is 2.62. The number of para-hydroxylation sites is 1. The van der Waals surface area contributed by atoms with Crippen molar-refractivity contribution in [1.82, 2.24) is 19.3 Å². The van der Waals surface area contributed by atoms with Gasteiger partial charge in [-0.2, -0.15) is 5.10 Å². The Morgan fingerprint density at radius 1 is 0.767 bits per heavy atom. The van der Waals surface area contributed by atoms with Crippen molar-refractivity contribution in [2.75, 3.05) is 0 Å². The van der Waals surface area contributed by atoms with Crippen molar-refractivity contribution in [3.63, 3.8) is 0 Å². The topological polar surface area (TPSA) is 44.9 Å². The van der Waals surface area contributed by atoms with Gasteiger partial charge in [0.25, 0.3) is 0 Å². The van der Waals surface area contributed by atoms with Crippen molar-refractivity contribution in [2.24, 2.45) is 0 Å². The van der Waals surface area contributed by atoms with Crippen LogP contribution < -0.4 is 4.74 Å². The van der Waals surface area contributed by atoms with Crippen molar-refractivity contribution in [1.29, 1.82) is 0 Å².